The van der Waals surface area contributed by atoms with E-state index in [9.17, 15) is 0 Å². The summed E-state index contributed by atoms with van der Waals surface area (Å²) in [6.07, 6.45) is 4.16. The minimum Gasteiger partial charge on any atom is -0.379 e. The molecule has 0 amide bonds. The zero-order valence-corrected chi connectivity index (χ0v) is 10.7. The van der Waals surface area contributed by atoms with Gasteiger partial charge in [-0.25, -0.2) is 0 Å². The molecule has 3 unspecified atom stereocenters. The molecule has 3 nitrogen and oxygen atoms in total. The minimum absolute atomic E-state index is 0.595. The largest absolute Gasteiger partial charge is 0.379 e. The van der Waals surface area contributed by atoms with Crippen molar-refractivity contribution in [3.63, 3.8) is 0 Å². The molecule has 0 aromatic rings. The Labute approximate surface area is 99.5 Å². The van der Waals surface area contributed by atoms with E-state index in [1.807, 2.05) is 0 Å². The lowest BCUT2D eigenvalue weighted by Gasteiger charge is -2.33. The van der Waals surface area contributed by atoms with Crippen LogP contribution >= 0.6 is 0 Å². The first kappa shape index (κ1) is 12.3. The van der Waals surface area contributed by atoms with E-state index in [4.69, 9.17) is 4.74 Å². The number of hydrogen-bond acceptors (Lipinski definition) is 3. The number of nitrogens with one attached hydrogen (secondary N) is 1. The molecular formula is C13H26N2O. The summed E-state index contributed by atoms with van der Waals surface area (Å²) in [5.41, 5.74) is 0. The van der Waals surface area contributed by atoms with Crippen molar-refractivity contribution in [3.05, 3.63) is 0 Å². The van der Waals surface area contributed by atoms with Gasteiger partial charge in [0.2, 0.25) is 0 Å². The van der Waals surface area contributed by atoms with Crippen LogP contribution in [0, 0.1) is 5.92 Å². The Bertz CT molecular complexity index is 210. The lowest BCUT2D eigenvalue weighted by molar-refractivity contribution is 0.000175. The van der Waals surface area contributed by atoms with E-state index in [1.165, 1.54) is 25.8 Å². The maximum atomic E-state index is 5.44. The van der Waals surface area contributed by atoms with E-state index in [0.29, 0.717) is 6.04 Å². The highest BCUT2D eigenvalue weighted by Gasteiger charge is 2.22. The predicted octanol–water partition coefficient (Wildman–Crippen LogP) is 1.49. The molecule has 0 aromatic carbocycles. The number of rotatable bonds is 4. The Kier molecular flexibility index (Phi) is 4.62. The standard InChI is InChI=1S/C13H26N2O/c1-11-3-4-13(9-11)14-5-6-15-7-8-16-10-12(15)2/h11-14H,3-10H2,1-2H3. The molecule has 0 bridgehead atoms. The van der Waals surface area contributed by atoms with E-state index in [0.717, 1.165) is 38.3 Å². The zero-order valence-electron chi connectivity index (χ0n) is 10.7. The normalized spacial score (nSPS) is 36.8. The molecule has 2 fully saturated rings. The highest BCUT2D eigenvalue weighted by Crippen LogP contribution is 2.24. The third-order valence-corrected chi connectivity index (χ3v) is 4.03. The Hall–Kier alpha value is -0.120. The maximum Gasteiger partial charge on any atom is 0.0619 e. The second-order valence-corrected chi connectivity index (χ2v) is 5.53. The van der Waals surface area contributed by atoms with Crippen molar-refractivity contribution >= 4 is 0 Å². The van der Waals surface area contributed by atoms with Gasteiger partial charge in [0.1, 0.15) is 0 Å². The molecular weight excluding hydrogens is 200 g/mol. The fraction of sp³-hybridized carbons (Fsp3) is 1.00. The average molecular weight is 226 g/mol. The summed E-state index contributed by atoms with van der Waals surface area (Å²) in [4.78, 5) is 2.54. The smallest absolute Gasteiger partial charge is 0.0619 e. The molecule has 1 heterocycles. The van der Waals surface area contributed by atoms with Crippen LogP contribution in [-0.2, 0) is 4.74 Å². The molecule has 1 aliphatic carbocycles. The van der Waals surface area contributed by atoms with Crippen molar-refractivity contribution in [3.8, 4) is 0 Å². The van der Waals surface area contributed by atoms with Crippen LogP contribution < -0.4 is 5.32 Å². The summed E-state index contributed by atoms with van der Waals surface area (Å²) >= 11 is 0. The molecule has 1 aliphatic heterocycles. The SMILES string of the molecule is CC1CCC(NCCN2CCOCC2C)C1. The summed E-state index contributed by atoms with van der Waals surface area (Å²) in [5, 5.41) is 3.70. The molecule has 3 atom stereocenters. The highest BCUT2D eigenvalue weighted by atomic mass is 16.5. The number of nitrogens with zero attached hydrogens (tertiary/aromatic N) is 1. The van der Waals surface area contributed by atoms with Crippen molar-refractivity contribution in [1.29, 1.82) is 0 Å². The van der Waals surface area contributed by atoms with Crippen LogP contribution in [0.25, 0.3) is 0 Å². The fourth-order valence-corrected chi connectivity index (χ4v) is 2.90. The number of hydrogen-bond donors (Lipinski definition) is 1. The molecule has 94 valence electrons. The van der Waals surface area contributed by atoms with Gasteiger partial charge in [0, 0.05) is 31.7 Å². The Morgan fingerprint density at radius 3 is 2.88 bits per heavy atom. The van der Waals surface area contributed by atoms with Crippen molar-refractivity contribution in [2.24, 2.45) is 5.92 Å². The molecule has 16 heavy (non-hydrogen) atoms. The minimum atomic E-state index is 0.595. The Balaban J connectivity index is 1.60. The van der Waals surface area contributed by atoms with E-state index < -0.39 is 0 Å². The van der Waals surface area contributed by atoms with Crippen molar-refractivity contribution in [2.45, 2.75) is 45.2 Å². The van der Waals surface area contributed by atoms with Gasteiger partial charge in [-0.1, -0.05) is 6.92 Å². The second kappa shape index (κ2) is 5.99. The van der Waals surface area contributed by atoms with Gasteiger partial charge in [-0.05, 0) is 32.1 Å². The average Bonchev–Trinajstić information content (AvgIpc) is 2.67. The Morgan fingerprint density at radius 1 is 1.31 bits per heavy atom. The van der Waals surface area contributed by atoms with Gasteiger partial charge in [-0.15, -0.1) is 0 Å². The van der Waals surface area contributed by atoms with Crippen LogP contribution in [0.3, 0.4) is 0 Å². The molecule has 2 rings (SSSR count). The first-order chi connectivity index (χ1) is 7.75. The van der Waals surface area contributed by atoms with Gasteiger partial charge in [0.15, 0.2) is 0 Å². The lowest BCUT2D eigenvalue weighted by Crippen LogP contribution is -2.47. The third kappa shape index (κ3) is 3.44. The van der Waals surface area contributed by atoms with Gasteiger partial charge < -0.3 is 10.1 Å². The van der Waals surface area contributed by atoms with Gasteiger partial charge in [-0.2, -0.15) is 0 Å². The fourth-order valence-electron chi connectivity index (χ4n) is 2.90. The summed E-state index contributed by atoms with van der Waals surface area (Å²) in [6, 6.07) is 1.38. The predicted molar refractivity (Wildman–Crippen MR) is 66.7 cm³/mol. The van der Waals surface area contributed by atoms with E-state index in [-0.39, 0.29) is 0 Å². The molecule has 3 heteroatoms. The van der Waals surface area contributed by atoms with Gasteiger partial charge in [0.05, 0.1) is 13.2 Å². The van der Waals surface area contributed by atoms with Crippen molar-refractivity contribution in [2.75, 3.05) is 32.8 Å². The van der Waals surface area contributed by atoms with Gasteiger partial charge >= 0.3 is 0 Å². The second-order valence-electron chi connectivity index (χ2n) is 5.53. The monoisotopic (exact) mass is 226 g/mol. The molecule has 1 N–H and O–H groups in total. The number of morpholine rings is 1. The summed E-state index contributed by atoms with van der Waals surface area (Å²) in [6.45, 7) is 9.86. The Morgan fingerprint density at radius 2 is 2.19 bits per heavy atom. The number of ether oxygens (including phenoxy) is 1. The van der Waals surface area contributed by atoms with E-state index in [2.05, 4.69) is 24.1 Å². The van der Waals surface area contributed by atoms with E-state index in [1.54, 1.807) is 0 Å². The zero-order chi connectivity index (χ0) is 11.4. The first-order valence-corrected chi connectivity index (χ1v) is 6.81. The van der Waals surface area contributed by atoms with Crippen LogP contribution in [0.1, 0.15) is 33.1 Å². The maximum absolute atomic E-state index is 5.44. The molecule has 0 radical (unpaired) electrons. The van der Waals surface area contributed by atoms with E-state index >= 15 is 0 Å². The summed E-state index contributed by atoms with van der Waals surface area (Å²) < 4.78 is 5.44. The van der Waals surface area contributed by atoms with Crippen LogP contribution in [0.5, 0.6) is 0 Å². The highest BCUT2D eigenvalue weighted by molar-refractivity contribution is 4.79. The van der Waals surface area contributed by atoms with Gasteiger partial charge in [-0.3, -0.25) is 4.90 Å². The molecule has 0 aromatic heterocycles. The van der Waals surface area contributed by atoms with Crippen LogP contribution in [0.2, 0.25) is 0 Å². The topological polar surface area (TPSA) is 24.5 Å². The molecule has 1 saturated heterocycles. The van der Waals surface area contributed by atoms with Crippen LogP contribution in [-0.4, -0.2) is 49.8 Å². The first-order valence-electron chi connectivity index (χ1n) is 6.81. The van der Waals surface area contributed by atoms with Gasteiger partial charge in [0.25, 0.3) is 0 Å². The molecule has 1 saturated carbocycles. The molecule has 0 spiro atoms. The van der Waals surface area contributed by atoms with Crippen molar-refractivity contribution in [1.82, 2.24) is 10.2 Å². The van der Waals surface area contributed by atoms with Crippen molar-refractivity contribution < 1.29 is 4.74 Å². The molecule has 2 aliphatic rings. The lowest BCUT2D eigenvalue weighted by atomic mass is 10.1. The summed E-state index contributed by atoms with van der Waals surface area (Å²) in [5.74, 6) is 0.930. The quantitative estimate of drug-likeness (QED) is 0.786. The summed E-state index contributed by atoms with van der Waals surface area (Å²) in [7, 11) is 0. The third-order valence-electron chi connectivity index (χ3n) is 4.03. The van der Waals surface area contributed by atoms with Crippen LogP contribution in [0.15, 0.2) is 0 Å². The van der Waals surface area contributed by atoms with Crippen LogP contribution in [0.4, 0.5) is 0 Å².